The Morgan fingerprint density at radius 2 is 1.77 bits per heavy atom. The van der Waals surface area contributed by atoms with Crippen molar-refractivity contribution in [1.29, 1.82) is 0 Å². The number of carbonyl (C=O) groups is 1. The maximum absolute atomic E-state index is 12.5. The van der Waals surface area contributed by atoms with Crippen LogP contribution in [0.15, 0.2) is 30.3 Å². The molecule has 1 heterocycles. The summed E-state index contributed by atoms with van der Waals surface area (Å²) in [5, 5.41) is 1.99. The maximum atomic E-state index is 12.5. The van der Waals surface area contributed by atoms with E-state index in [4.69, 9.17) is 18.7 Å². The zero-order valence-electron chi connectivity index (χ0n) is 20.9. The molecule has 1 aromatic rings. The Bertz CT molecular complexity index is 731. The van der Waals surface area contributed by atoms with Gasteiger partial charge in [-0.25, -0.2) is 0 Å². The van der Waals surface area contributed by atoms with E-state index in [0.29, 0.717) is 0 Å². The molecule has 0 aliphatic carbocycles. The molecular weight excluding hydrogens is 410 g/mol. The van der Waals surface area contributed by atoms with Gasteiger partial charge in [0.15, 0.2) is 5.79 Å². The van der Waals surface area contributed by atoms with Crippen LogP contribution in [0.4, 0.5) is 0 Å². The van der Waals surface area contributed by atoms with Gasteiger partial charge in [0, 0.05) is 0 Å². The normalized spacial score (nSPS) is 23.6. The number of benzene rings is 1. The highest BCUT2D eigenvalue weighted by Crippen LogP contribution is 2.41. The maximum Gasteiger partial charge on any atom is 0.307 e. The van der Waals surface area contributed by atoms with Crippen LogP contribution in [0, 0.1) is 0 Å². The molecule has 31 heavy (non-hydrogen) atoms. The second kappa shape index (κ2) is 9.71. The van der Waals surface area contributed by atoms with Gasteiger partial charge in [-0.15, -0.1) is 0 Å². The molecule has 7 heteroatoms. The molecule has 0 amide bonds. The lowest BCUT2D eigenvalue weighted by Crippen LogP contribution is -2.55. The van der Waals surface area contributed by atoms with Crippen molar-refractivity contribution in [2.24, 2.45) is 0 Å². The van der Waals surface area contributed by atoms with E-state index in [0.717, 1.165) is 5.56 Å². The molecule has 0 bridgehead atoms. The van der Waals surface area contributed by atoms with Crippen LogP contribution >= 0.6 is 0 Å². The Hall–Kier alpha value is -1.25. The summed E-state index contributed by atoms with van der Waals surface area (Å²) in [5.41, 5.74) is 1.11. The molecule has 6 nitrogen and oxygen atoms in total. The molecule has 0 unspecified atom stereocenters. The minimum atomic E-state index is -2.22. The van der Waals surface area contributed by atoms with Crippen LogP contribution in [-0.4, -0.2) is 50.5 Å². The predicted molar refractivity (Wildman–Crippen MR) is 125 cm³/mol. The number of nitrogens with zero attached hydrogens (tertiary/aromatic N) is 1. The van der Waals surface area contributed by atoms with Gasteiger partial charge >= 0.3 is 5.97 Å². The zero-order valence-corrected chi connectivity index (χ0v) is 21.9. The predicted octanol–water partition coefficient (Wildman–Crippen LogP) is 5.46. The van der Waals surface area contributed by atoms with Gasteiger partial charge in [0.2, 0.25) is 8.32 Å². The van der Waals surface area contributed by atoms with Gasteiger partial charge in [-0.05, 0) is 51.4 Å². The van der Waals surface area contributed by atoms with E-state index in [1.54, 1.807) is 0 Å². The number of methoxy groups -OCH3 is 1. The first-order chi connectivity index (χ1) is 14.2. The minimum Gasteiger partial charge on any atom is -0.469 e. The molecule has 1 aromatic carbocycles. The smallest absolute Gasteiger partial charge is 0.307 e. The van der Waals surface area contributed by atoms with E-state index in [1.165, 1.54) is 7.11 Å². The van der Waals surface area contributed by atoms with Crippen molar-refractivity contribution in [3.63, 3.8) is 0 Å². The summed E-state index contributed by atoms with van der Waals surface area (Å²) >= 11 is 0. The number of hydrogen-bond acceptors (Lipinski definition) is 6. The monoisotopic (exact) mass is 451 g/mol. The van der Waals surface area contributed by atoms with Crippen LogP contribution in [0.25, 0.3) is 0 Å². The topological polar surface area (TPSA) is 57.2 Å². The van der Waals surface area contributed by atoms with Crippen LogP contribution in [0.3, 0.4) is 0 Å². The number of hydroxylamine groups is 2. The first-order valence-electron chi connectivity index (χ1n) is 11.1. The molecule has 1 saturated heterocycles. The molecule has 0 radical (unpaired) electrons. The lowest BCUT2D eigenvalue weighted by molar-refractivity contribution is -0.196. The summed E-state index contributed by atoms with van der Waals surface area (Å²) in [6.45, 7) is 19.0. The Morgan fingerprint density at radius 3 is 2.23 bits per heavy atom. The Kier molecular flexibility index (Phi) is 8.14. The van der Waals surface area contributed by atoms with E-state index in [1.807, 2.05) is 44.0 Å². The minimum absolute atomic E-state index is 0.00457. The van der Waals surface area contributed by atoms with Crippen molar-refractivity contribution in [3.8, 4) is 0 Å². The number of hydrogen-bond donors (Lipinski definition) is 0. The second-order valence-electron chi connectivity index (χ2n) is 10.5. The van der Waals surface area contributed by atoms with Crippen LogP contribution < -0.4 is 0 Å². The van der Waals surface area contributed by atoms with Crippen LogP contribution in [-0.2, 0) is 23.5 Å². The van der Waals surface area contributed by atoms with E-state index >= 15 is 0 Å². The second-order valence-corrected chi connectivity index (χ2v) is 15.2. The third kappa shape index (κ3) is 6.39. The third-order valence-corrected chi connectivity index (χ3v) is 10.7. The third-order valence-electron chi connectivity index (χ3n) is 6.47. The average molecular weight is 452 g/mol. The highest BCUT2D eigenvalue weighted by molar-refractivity contribution is 6.74. The Balaban J connectivity index is 2.52. The molecule has 1 fully saturated rings. The number of rotatable bonds is 8. The Labute approximate surface area is 189 Å². The van der Waals surface area contributed by atoms with Gasteiger partial charge in [-0.2, -0.15) is 5.06 Å². The lowest BCUT2D eigenvalue weighted by atomic mass is 9.99. The van der Waals surface area contributed by atoms with Gasteiger partial charge < -0.3 is 18.7 Å². The highest BCUT2D eigenvalue weighted by Gasteiger charge is 2.49. The van der Waals surface area contributed by atoms with Crippen molar-refractivity contribution in [2.45, 2.75) is 103 Å². The number of carbonyl (C=O) groups excluding carboxylic acids is 1. The summed E-state index contributed by atoms with van der Waals surface area (Å²) < 4.78 is 24.3. The van der Waals surface area contributed by atoms with Gasteiger partial charge in [-0.1, -0.05) is 51.1 Å². The SMILES string of the molecule is COC(=O)C[C@@H]([C@@H]1OC(C)(C)O[C@H]1C)N(O[Si](C)(C)C(C)(C)C)[C@@H](C)c1ccccc1. The molecular formula is C24H41NO5Si. The first kappa shape index (κ1) is 26.0. The number of ether oxygens (including phenoxy) is 3. The highest BCUT2D eigenvalue weighted by atomic mass is 28.4. The number of esters is 1. The molecule has 176 valence electrons. The van der Waals surface area contributed by atoms with E-state index in [2.05, 4.69) is 52.9 Å². The summed E-state index contributed by atoms with van der Waals surface area (Å²) in [7, 11) is -0.804. The molecule has 0 aromatic heterocycles. The van der Waals surface area contributed by atoms with Gasteiger partial charge in [0.05, 0.1) is 31.7 Å². The van der Waals surface area contributed by atoms with Crippen LogP contribution in [0.5, 0.6) is 0 Å². The van der Waals surface area contributed by atoms with Gasteiger partial charge in [0.25, 0.3) is 0 Å². The van der Waals surface area contributed by atoms with Crippen molar-refractivity contribution < 1.29 is 23.5 Å². The molecule has 2 rings (SSSR count). The van der Waals surface area contributed by atoms with E-state index in [-0.39, 0.29) is 41.7 Å². The standard InChI is InChI=1S/C24H41NO5Si/c1-17(19-14-12-11-13-15-19)25(30-31(9,10)23(3,4)5)20(16-21(26)27-8)22-18(2)28-24(6,7)29-22/h11-15,17-18,20,22H,16H2,1-10H3/t17-,18-,20-,22+/m0/s1. The zero-order chi connectivity index (χ0) is 23.6. The van der Waals surface area contributed by atoms with Gasteiger partial charge in [-0.3, -0.25) is 4.79 Å². The fraction of sp³-hybridized carbons (Fsp3) is 0.708. The van der Waals surface area contributed by atoms with Gasteiger partial charge in [0.1, 0.15) is 6.10 Å². The van der Waals surface area contributed by atoms with Crippen molar-refractivity contribution in [3.05, 3.63) is 35.9 Å². The molecule has 0 N–H and O–H groups in total. The summed E-state index contributed by atoms with van der Waals surface area (Å²) in [4.78, 5) is 12.5. The fourth-order valence-corrected chi connectivity index (χ4v) is 4.77. The van der Waals surface area contributed by atoms with Crippen molar-refractivity contribution in [2.75, 3.05) is 7.11 Å². The van der Waals surface area contributed by atoms with E-state index < -0.39 is 14.1 Å². The quantitative estimate of drug-likeness (QED) is 0.297. The van der Waals surface area contributed by atoms with Crippen molar-refractivity contribution in [1.82, 2.24) is 5.06 Å². The van der Waals surface area contributed by atoms with Crippen LogP contribution in [0.2, 0.25) is 18.1 Å². The van der Waals surface area contributed by atoms with Crippen LogP contribution in [0.1, 0.15) is 66.5 Å². The molecule has 1 aliphatic rings. The summed E-state index contributed by atoms with van der Waals surface area (Å²) in [5.74, 6) is -1.02. The molecule has 0 saturated carbocycles. The lowest BCUT2D eigenvalue weighted by Gasteiger charge is -2.46. The largest absolute Gasteiger partial charge is 0.469 e. The van der Waals surface area contributed by atoms with Crippen molar-refractivity contribution >= 4 is 14.3 Å². The average Bonchev–Trinajstić information content (AvgIpc) is 2.95. The molecule has 1 aliphatic heterocycles. The van der Waals surface area contributed by atoms with E-state index in [9.17, 15) is 4.79 Å². The first-order valence-corrected chi connectivity index (χ1v) is 14.0. The molecule has 0 spiro atoms. The Morgan fingerprint density at radius 1 is 1.19 bits per heavy atom. The summed E-state index contributed by atoms with van der Waals surface area (Å²) in [6, 6.07) is 9.75. The summed E-state index contributed by atoms with van der Waals surface area (Å²) in [6.07, 6.45) is -0.389. The fourth-order valence-electron chi connectivity index (χ4n) is 3.68. The molecule has 4 atom stereocenters.